The lowest BCUT2D eigenvalue weighted by Crippen LogP contribution is -2.49. The lowest BCUT2D eigenvalue weighted by molar-refractivity contribution is -0.125. The number of ether oxygens (including phenoxy) is 1. The second-order valence-corrected chi connectivity index (χ2v) is 6.99. The monoisotopic (exact) mass is 401 g/mol. The largest absolute Gasteiger partial charge is 0.484 e. The zero-order valence-electron chi connectivity index (χ0n) is 15.5. The van der Waals surface area contributed by atoms with Crippen molar-refractivity contribution >= 4 is 35.0 Å². The summed E-state index contributed by atoms with van der Waals surface area (Å²) in [5.41, 5.74) is 7.48. The number of anilines is 1. The summed E-state index contributed by atoms with van der Waals surface area (Å²) in [6.07, 6.45) is -0.0372. The van der Waals surface area contributed by atoms with Gasteiger partial charge in [-0.05, 0) is 49.7 Å². The summed E-state index contributed by atoms with van der Waals surface area (Å²) in [4.78, 5) is 38.0. The summed E-state index contributed by atoms with van der Waals surface area (Å²) < 4.78 is 5.33. The Morgan fingerprint density at radius 3 is 2.57 bits per heavy atom. The van der Waals surface area contributed by atoms with Crippen LogP contribution in [0.2, 0.25) is 5.02 Å². The zero-order valence-corrected chi connectivity index (χ0v) is 16.2. The highest BCUT2D eigenvalue weighted by Crippen LogP contribution is 2.26. The summed E-state index contributed by atoms with van der Waals surface area (Å²) in [5, 5.41) is 0.566. The van der Waals surface area contributed by atoms with Crippen molar-refractivity contribution in [2.24, 2.45) is 0 Å². The van der Waals surface area contributed by atoms with E-state index in [4.69, 9.17) is 16.3 Å². The topological polar surface area (TPSA) is 87.7 Å². The standard InChI is InChI=1S/C20H20ClN3O4/c1-12-3-8-17(13(2)9-12)24-19(26)10-16(20(24)27)22-23-18(25)11-28-15-6-4-14(21)5-7-15/h3-9,16,22H,10-11H2,1-2H3,(H,23,25)/t16-/m0/s1. The molecule has 1 aliphatic heterocycles. The van der Waals surface area contributed by atoms with E-state index in [1.54, 1.807) is 30.3 Å². The Bertz CT molecular complexity index is 914. The molecule has 2 aromatic rings. The van der Waals surface area contributed by atoms with Crippen LogP contribution in [-0.4, -0.2) is 30.4 Å². The van der Waals surface area contributed by atoms with Crippen molar-refractivity contribution in [3.05, 3.63) is 58.6 Å². The molecule has 146 valence electrons. The molecule has 0 unspecified atom stereocenters. The van der Waals surface area contributed by atoms with Gasteiger partial charge in [0.2, 0.25) is 5.91 Å². The molecular formula is C20H20ClN3O4. The molecule has 0 bridgehead atoms. The number of rotatable bonds is 6. The van der Waals surface area contributed by atoms with Crippen LogP contribution in [0.25, 0.3) is 0 Å². The van der Waals surface area contributed by atoms with Crippen LogP contribution in [0, 0.1) is 13.8 Å². The average molecular weight is 402 g/mol. The first kappa shape index (κ1) is 19.9. The summed E-state index contributed by atoms with van der Waals surface area (Å²) >= 11 is 5.79. The Hall–Kier alpha value is -2.90. The molecule has 1 aliphatic rings. The Morgan fingerprint density at radius 2 is 1.89 bits per heavy atom. The predicted octanol–water partition coefficient (Wildman–Crippen LogP) is 2.29. The number of hydrogen-bond donors (Lipinski definition) is 2. The van der Waals surface area contributed by atoms with Crippen molar-refractivity contribution in [2.75, 3.05) is 11.5 Å². The van der Waals surface area contributed by atoms with Gasteiger partial charge in [-0.3, -0.25) is 19.8 Å². The first-order chi connectivity index (χ1) is 13.3. The van der Waals surface area contributed by atoms with E-state index in [-0.39, 0.29) is 18.9 Å². The molecule has 28 heavy (non-hydrogen) atoms. The highest BCUT2D eigenvalue weighted by atomic mass is 35.5. The van der Waals surface area contributed by atoms with Crippen molar-refractivity contribution in [3.8, 4) is 5.75 Å². The molecule has 0 radical (unpaired) electrons. The van der Waals surface area contributed by atoms with Crippen LogP contribution in [0.3, 0.4) is 0 Å². The van der Waals surface area contributed by atoms with Crippen LogP contribution < -0.4 is 20.5 Å². The van der Waals surface area contributed by atoms with Crippen molar-refractivity contribution in [1.29, 1.82) is 0 Å². The maximum absolute atomic E-state index is 12.6. The van der Waals surface area contributed by atoms with Gasteiger partial charge in [-0.15, -0.1) is 0 Å². The molecule has 1 atom stereocenters. The van der Waals surface area contributed by atoms with Gasteiger partial charge in [-0.2, -0.15) is 0 Å². The van der Waals surface area contributed by atoms with Crippen LogP contribution in [0.1, 0.15) is 17.5 Å². The SMILES string of the molecule is Cc1ccc(N2C(=O)C[C@H](NNC(=O)COc3ccc(Cl)cc3)C2=O)c(C)c1. The third-order valence-electron chi connectivity index (χ3n) is 4.31. The quantitative estimate of drug-likeness (QED) is 0.572. The molecule has 0 saturated carbocycles. The third kappa shape index (κ3) is 4.49. The normalized spacial score (nSPS) is 16.4. The molecule has 3 amide bonds. The van der Waals surface area contributed by atoms with E-state index < -0.39 is 17.9 Å². The van der Waals surface area contributed by atoms with E-state index >= 15 is 0 Å². The number of imide groups is 1. The smallest absolute Gasteiger partial charge is 0.272 e. The maximum atomic E-state index is 12.6. The van der Waals surface area contributed by atoms with Gasteiger partial charge >= 0.3 is 0 Å². The van der Waals surface area contributed by atoms with E-state index in [2.05, 4.69) is 10.9 Å². The first-order valence-electron chi connectivity index (χ1n) is 8.72. The molecule has 0 aliphatic carbocycles. The van der Waals surface area contributed by atoms with Gasteiger partial charge in [0, 0.05) is 5.02 Å². The average Bonchev–Trinajstić information content (AvgIpc) is 2.93. The van der Waals surface area contributed by atoms with Gasteiger partial charge in [0.15, 0.2) is 6.61 Å². The van der Waals surface area contributed by atoms with E-state index in [1.165, 1.54) is 0 Å². The van der Waals surface area contributed by atoms with Crippen LogP contribution in [-0.2, 0) is 14.4 Å². The number of hydrogen-bond acceptors (Lipinski definition) is 5. The second-order valence-electron chi connectivity index (χ2n) is 6.55. The van der Waals surface area contributed by atoms with Gasteiger partial charge in [-0.1, -0.05) is 29.3 Å². The second kappa shape index (κ2) is 8.41. The molecule has 0 spiro atoms. The Kier molecular flexibility index (Phi) is 5.96. The van der Waals surface area contributed by atoms with E-state index in [0.717, 1.165) is 16.0 Å². The Labute approximate surface area is 167 Å². The molecular weight excluding hydrogens is 382 g/mol. The molecule has 7 nitrogen and oxygen atoms in total. The number of amides is 3. The molecule has 0 aromatic heterocycles. The summed E-state index contributed by atoms with van der Waals surface area (Å²) in [6, 6.07) is 11.3. The number of carbonyl (C=O) groups excluding carboxylic acids is 3. The van der Waals surface area contributed by atoms with Crippen molar-refractivity contribution in [2.45, 2.75) is 26.3 Å². The maximum Gasteiger partial charge on any atom is 0.272 e. The lowest BCUT2D eigenvalue weighted by atomic mass is 10.1. The fourth-order valence-electron chi connectivity index (χ4n) is 2.94. The number of halogens is 1. The zero-order chi connectivity index (χ0) is 20.3. The molecule has 1 saturated heterocycles. The number of nitrogens with one attached hydrogen (secondary N) is 2. The van der Waals surface area contributed by atoms with Crippen molar-refractivity contribution in [3.63, 3.8) is 0 Å². The molecule has 2 aromatic carbocycles. The summed E-state index contributed by atoms with van der Waals surface area (Å²) in [6.45, 7) is 3.54. The Balaban J connectivity index is 1.55. The minimum absolute atomic E-state index is 0.0372. The highest BCUT2D eigenvalue weighted by Gasteiger charge is 2.40. The molecule has 8 heteroatoms. The third-order valence-corrected chi connectivity index (χ3v) is 4.56. The van der Waals surface area contributed by atoms with Crippen LogP contribution >= 0.6 is 11.6 Å². The molecule has 3 rings (SSSR count). The van der Waals surface area contributed by atoms with Crippen molar-refractivity contribution in [1.82, 2.24) is 10.9 Å². The molecule has 1 heterocycles. The number of nitrogens with zero attached hydrogens (tertiary/aromatic N) is 1. The van der Waals surface area contributed by atoms with Crippen molar-refractivity contribution < 1.29 is 19.1 Å². The lowest BCUT2D eigenvalue weighted by Gasteiger charge is -2.18. The number of aryl methyl sites for hydroxylation is 2. The fourth-order valence-corrected chi connectivity index (χ4v) is 3.06. The number of carbonyl (C=O) groups is 3. The van der Waals surface area contributed by atoms with E-state index in [9.17, 15) is 14.4 Å². The molecule has 2 N–H and O–H groups in total. The van der Waals surface area contributed by atoms with Gasteiger partial charge in [0.25, 0.3) is 11.8 Å². The number of benzene rings is 2. The van der Waals surface area contributed by atoms with E-state index in [1.807, 2.05) is 26.0 Å². The summed E-state index contributed by atoms with van der Waals surface area (Å²) in [7, 11) is 0. The van der Waals surface area contributed by atoms with E-state index in [0.29, 0.717) is 16.5 Å². The van der Waals surface area contributed by atoms with Crippen LogP contribution in [0.15, 0.2) is 42.5 Å². The van der Waals surface area contributed by atoms with Gasteiger partial charge in [-0.25, -0.2) is 10.3 Å². The van der Waals surface area contributed by atoms with Gasteiger partial charge < -0.3 is 4.74 Å². The van der Waals surface area contributed by atoms with Crippen LogP contribution in [0.5, 0.6) is 5.75 Å². The first-order valence-corrected chi connectivity index (χ1v) is 9.10. The fraction of sp³-hybridized carbons (Fsp3) is 0.250. The molecule has 1 fully saturated rings. The van der Waals surface area contributed by atoms with Gasteiger partial charge in [0.05, 0.1) is 12.1 Å². The number of hydrazine groups is 1. The van der Waals surface area contributed by atoms with Gasteiger partial charge in [0.1, 0.15) is 11.8 Å². The highest BCUT2D eigenvalue weighted by molar-refractivity contribution is 6.30. The Morgan fingerprint density at radius 1 is 1.18 bits per heavy atom. The minimum atomic E-state index is -0.826. The van der Waals surface area contributed by atoms with Crippen LogP contribution in [0.4, 0.5) is 5.69 Å². The summed E-state index contributed by atoms with van der Waals surface area (Å²) in [5.74, 6) is -0.704. The minimum Gasteiger partial charge on any atom is -0.484 e. The predicted molar refractivity (Wildman–Crippen MR) is 105 cm³/mol.